The molecular weight excluding hydrogens is 414 g/mol. The van der Waals surface area contributed by atoms with Gasteiger partial charge in [0.05, 0.1) is 6.04 Å². The Morgan fingerprint density at radius 3 is 2.90 bits per heavy atom. The highest BCUT2D eigenvalue weighted by Crippen LogP contribution is 2.30. The van der Waals surface area contributed by atoms with E-state index in [-0.39, 0.29) is 17.9 Å². The van der Waals surface area contributed by atoms with E-state index >= 15 is 0 Å². The number of benzene rings is 1. The number of aryl methyl sites for hydroxylation is 1. The molecular formula is C23H26ClN5O2. The summed E-state index contributed by atoms with van der Waals surface area (Å²) in [4.78, 5) is 29.8. The van der Waals surface area contributed by atoms with Gasteiger partial charge in [-0.2, -0.15) is 0 Å². The number of carbonyl (C=O) groups excluding carboxylic acids is 2. The first kappa shape index (κ1) is 21.3. The second-order valence-corrected chi connectivity index (χ2v) is 8.42. The molecule has 1 aromatic heterocycles. The molecule has 2 aromatic rings. The molecule has 0 spiro atoms. The van der Waals surface area contributed by atoms with Crippen LogP contribution in [0.25, 0.3) is 5.57 Å². The van der Waals surface area contributed by atoms with E-state index in [0.717, 1.165) is 41.7 Å². The summed E-state index contributed by atoms with van der Waals surface area (Å²) in [5, 5.41) is 9.70. The number of halogens is 1. The molecule has 31 heavy (non-hydrogen) atoms. The Kier molecular flexibility index (Phi) is 6.25. The normalized spacial score (nSPS) is 21.0. The molecule has 8 heteroatoms. The SMILES string of the molecule is CC(NC(=O)C1C=C(c2cccc(Cl)c2)CCN1)C(=O)NC1CCc2nc(N)ccc21. The quantitative estimate of drug-likeness (QED) is 0.572. The summed E-state index contributed by atoms with van der Waals surface area (Å²) in [5.74, 6) is 0.0255. The number of nitrogens with two attached hydrogens (primary N) is 1. The van der Waals surface area contributed by atoms with Crippen LogP contribution in [0.15, 0.2) is 42.5 Å². The van der Waals surface area contributed by atoms with Crippen LogP contribution in [-0.4, -0.2) is 35.4 Å². The van der Waals surface area contributed by atoms with Crippen molar-refractivity contribution in [3.63, 3.8) is 0 Å². The first-order valence-corrected chi connectivity index (χ1v) is 10.8. The lowest BCUT2D eigenvalue weighted by molar-refractivity contribution is -0.129. The maximum absolute atomic E-state index is 12.8. The molecule has 0 radical (unpaired) electrons. The predicted molar refractivity (Wildman–Crippen MR) is 121 cm³/mol. The monoisotopic (exact) mass is 439 g/mol. The van der Waals surface area contributed by atoms with Gasteiger partial charge in [-0.1, -0.05) is 35.9 Å². The zero-order valence-electron chi connectivity index (χ0n) is 17.3. The number of rotatable bonds is 5. The van der Waals surface area contributed by atoms with E-state index < -0.39 is 12.1 Å². The van der Waals surface area contributed by atoms with Crippen LogP contribution in [0.5, 0.6) is 0 Å². The van der Waals surface area contributed by atoms with Crippen molar-refractivity contribution in [2.75, 3.05) is 12.3 Å². The van der Waals surface area contributed by atoms with E-state index in [1.807, 2.05) is 36.4 Å². The molecule has 3 atom stereocenters. The molecule has 0 saturated heterocycles. The molecule has 0 fully saturated rings. The van der Waals surface area contributed by atoms with E-state index in [2.05, 4.69) is 20.9 Å². The van der Waals surface area contributed by atoms with Crippen molar-refractivity contribution in [1.82, 2.24) is 20.9 Å². The number of pyridine rings is 1. The standard InChI is InChI=1S/C23H26ClN5O2/c1-13(22(30)29-19-7-6-18-17(19)5-8-21(25)28-18)27-23(31)20-12-15(9-10-26-20)14-3-2-4-16(24)11-14/h2-5,8,11-13,19-20,26H,6-7,9-10H2,1H3,(H2,25,28)(H,27,31)(H,29,30). The number of fused-ring (bicyclic) bond motifs is 1. The number of nitrogen functional groups attached to an aromatic ring is 1. The van der Waals surface area contributed by atoms with Gasteiger partial charge in [-0.05, 0) is 61.1 Å². The fourth-order valence-corrected chi connectivity index (χ4v) is 4.29. The van der Waals surface area contributed by atoms with Crippen molar-refractivity contribution in [1.29, 1.82) is 0 Å². The Labute approximate surface area is 186 Å². The maximum Gasteiger partial charge on any atom is 0.242 e. The van der Waals surface area contributed by atoms with Gasteiger partial charge in [-0.25, -0.2) is 4.98 Å². The summed E-state index contributed by atoms with van der Waals surface area (Å²) >= 11 is 6.10. The third kappa shape index (κ3) is 4.89. The second-order valence-electron chi connectivity index (χ2n) is 7.99. The molecule has 2 aliphatic rings. The Balaban J connectivity index is 1.37. The fraction of sp³-hybridized carbons (Fsp3) is 0.348. The molecule has 5 N–H and O–H groups in total. The minimum absolute atomic E-state index is 0.114. The lowest BCUT2D eigenvalue weighted by Crippen LogP contribution is -2.52. The summed E-state index contributed by atoms with van der Waals surface area (Å²) in [6, 6.07) is 9.97. The summed E-state index contributed by atoms with van der Waals surface area (Å²) in [6.07, 6.45) is 4.25. The Bertz CT molecular complexity index is 1040. The van der Waals surface area contributed by atoms with Gasteiger partial charge in [0.2, 0.25) is 11.8 Å². The van der Waals surface area contributed by atoms with E-state index in [9.17, 15) is 9.59 Å². The van der Waals surface area contributed by atoms with Gasteiger partial charge in [-0.15, -0.1) is 0 Å². The molecule has 7 nitrogen and oxygen atoms in total. The van der Waals surface area contributed by atoms with E-state index in [1.165, 1.54) is 0 Å². The van der Waals surface area contributed by atoms with Gasteiger partial charge in [0.25, 0.3) is 0 Å². The highest BCUT2D eigenvalue weighted by molar-refractivity contribution is 6.30. The molecule has 1 aliphatic carbocycles. The average Bonchev–Trinajstić information content (AvgIpc) is 3.15. The zero-order valence-corrected chi connectivity index (χ0v) is 18.1. The van der Waals surface area contributed by atoms with Crippen LogP contribution >= 0.6 is 11.6 Å². The van der Waals surface area contributed by atoms with Crippen LogP contribution in [-0.2, 0) is 16.0 Å². The third-order valence-corrected chi connectivity index (χ3v) is 5.98. The Hall–Kier alpha value is -2.90. The number of hydrogen-bond donors (Lipinski definition) is 4. The number of nitrogens with zero attached hydrogens (tertiary/aromatic N) is 1. The van der Waals surface area contributed by atoms with E-state index in [0.29, 0.717) is 17.4 Å². The first-order valence-electron chi connectivity index (χ1n) is 10.5. The topological polar surface area (TPSA) is 109 Å². The minimum Gasteiger partial charge on any atom is -0.384 e. The van der Waals surface area contributed by atoms with Crippen molar-refractivity contribution in [3.05, 3.63) is 64.3 Å². The number of aromatic nitrogens is 1. The Morgan fingerprint density at radius 1 is 1.26 bits per heavy atom. The maximum atomic E-state index is 12.8. The van der Waals surface area contributed by atoms with Crippen LogP contribution in [0.2, 0.25) is 5.02 Å². The van der Waals surface area contributed by atoms with Crippen LogP contribution in [0.1, 0.15) is 42.6 Å². The predicted octanol–water partition coefficient (Wildman–Crippen LogP) is 2.37. The average molecular weight is 440 g/mol. The zero-order chi connectivity index (χ0) is 22.0. The summed E-state index contributed by atoms with van der Waals surface area (Å²) in [6.45, 7) is 2.36. The molecule has 162 valence electrons. The highest BCUT2D eigenvalue weighted by Gasteiger charge is 2.28. The second kappa shape index (κ2) is 9.08. The van der Waals surface area contributed by atoms with E-state index in [4.69, 9.17) is 17.3 Å². The number of nitrogens with one attached hydrogen (secondary N) is 3. The van der Waals surface area contributed by atoms with Crippen molar-refractivity contribution in [3.8, 4) is 0 Å². The summed E-state index contributed by atoms with van der Waals surface area (Å²) in [7, 11) is 0. The molecule has 0 saturated carbocycles. The summed E-state index contributed by atoms with van der Waals surface area (Å²) in [5.41, 5.74) is 9.72. The minimum atomic E-state index is -0.662. The first-order chi connectivity index (χ1) is 14.9. The smallest absolute Gasteiger partial charge is 0.242 e. The van der Waals surface area contributed by atoms with Gasteiger partial charge in [0.1, 0.15) is 17.9 Å². The van der Waals surface area contributed by atoms with E-state index in [1.54, 1.807) is 13.0 Å². The van der Waals surface area contributed by atoms with Crippen LogP contribution in [0.4, 0.5) is 5.82 Å². The largest absolute Gasteiger partial charge is 0.384 e. The van der Waals surface area contributed by atoms with Gasteiger partial charge in [0, 0.05) is 17.3 Å². The van der Waals surface area contributed by atoms with Gasteiger partial charge in [-0.3, -0.25) is 9.59 Å². The number of amides is 2. The van der Waals surface area contributed by atoms with Gasteiger partial charge < -0.3 is 21.7 Å². The lowest BCUT2D eigenvalue weighted by Gasteiger charge is -2.25. The summed E-state index contributed by atoms with van der Waals surface area (Å²) < 4.78 is 0. The Morgan fingerprint density at radius 2 is 2.10 bits per heavy atom. The van der Waals surface area contributed by atoms with Crippen molar-refractivity contribution < 1.29 is 9.59 Å². The van der Waals surface area contributed by atoms with Crippen LogP contribution in [0, 0.1) is 0 Å². The lowest BCUT2D eigenvalue weighted by atomic mass is 9.97. The molecule has 1 aromatic carbocycles. The van der Waals surface area contributed by atoms with Crippen molar-refractivity contribution >= 4 is 34.8 Å². The number of anilines is 1. The molecule has 3 unspecified atom stereocenters. The van der Waals surface area contributed by atoms with Crippen LogP contribution in [0.3, 0.4) is 0 Å². The molecule has 2 amide bonds. The molecule has 4 rings (SSSR count). The molecule has 0 bridgehead atoms. The van der Waals surface area contributed by atoms with Crippen molar-refractivity contribution in [2.45, 2.75) is 44.3 Å². The molecule has 2 heterocycles. The third-order valence-electron chi connectivity index (χ3n) is 5.75. The highest BCUT2D eigenvalue weighted by atomic mass is 35.5. The van der Waals surface area contributed by atoms with Gasteiger partial charge in [0.15, 0.2) is 0 Å². The number of carbonyl (C=O) groups is 2. The fourth-order valence-electron chi connectivity index (χ4n) is 4.10. The van der Waals surface area contributed by atoms with Crippen molar-refractivity contribution in [2.24, 2.45) is 0 Å². The number of hydrogen-bond acceptors (Lipinski definition) is 5. The van der Waals surface area contributed by atoms with Crippen LogP contribution < -0.4 is 21.7 Å². The molecule has 1 aliphatic heterocycles. The van der Waals surface area contributed by atoms with Gasteiger partial charge >= 0.3 is 0 Å².